The Morgan fingerprint density at radius 2 is 0.857 bits per heavy atom. The first kappa shape index (κ1) is 50.4. The van der Waals surface area contributed by atoms with E-state index in [2.05, 4.69) is 10.6 Å². The van der Waals surface area contributed by atoms with E-state index in [4.69, 9.17) is 47.4 Å². The van der Waals surface area contributed by atoms with E-state index in [0.717, 1.165) is 0 Å². The number of hydrogen-bond acceptors (Lipinski definition) is 20. The minimum absolute atomic E-state index is 0.0359. The highest BCUT2D eigenvalue weighted by atomic mass is 16.7. The lowest BCUT2D eigenvalue weighted by Crippen LogP contribution is -2.59. The van der Waals surface area contributed by atoms with Crippen LogP contribution < -0.4 is 10.6 Å². The van der Waals surface area contributed by atoms with Crippen molar-refractivity contribution >= 4 is 11.8 Å². The average molecular weight is 821 g/mol. The Kier molecular flexibility index (Phi) is 27.2. The zero-order valence-electron chi connectivity index (χ0n) is 32.0. The third-order valence-corrected chi connectivity index (χ3v) is 8.35. The smallest absolute Gasteiger partial charge is 0.222 e. The maximum absolute atomic E-state index is 12.0. The van der Waals surface area contributed by atoms with Gasteiger partial charge < -0.3 is 98.9 Å². The average Bonchev–Trinajstić information content (AvgIpc) is 3.19. The van der Waals surface area contributed by atoms with Crippen molar-refractivity contribution in [1.29, 1.82) is 0 Å². The number of hydrogen-bond donors (Lipinski definition) is 10. The van der Waals surface area contributed by atoms with Crippen LogP contribution in [0.4, 0.5) is 0 Å². The number of rotatable bonds is 32. The lowest BCUT2D eigenvalue weighted by molar-refractivity contribution is -0.302. The fraction of sp³-hybridized carbons (Fsp3) is 0.941. The Morgan fingerprint density at radius 3 is 1.23 bits per heavy atom. The van der Waals surface area contributed by atoms with Crippen molar-refractivity contribution in [3.63, 3.8) is 0 Å². The molecule has 56 heavy (non-hydrogen) atoms. The summed E-state index contributed by atoms with van der Waals surface area (Å²) in [5.74, 6) is -0.296. The summed E-state index contributed by atoms with van der Waals surface area (Å²) in [4.78, 5) is 24.0. The maximum Gasteiger partial charge on any atom is 0.222 e. The number of aliphatic hydroxyl groups excluding tert-OH is 8. The van der Waals surface area contributed by atoms with E-state index in [0.29, 0.717) is 26.3 Å². The predicted octanol–water partition coefficient (Wildman–Crippen LogP) is -5.63. The summed E-state index contributed by atoms with van der Waals surface area (Å²) in [5, 5.41) is 82.8. The number of carbonyl (C=O) groups is 2. The first-order valence-electron chi connectivity index (χ1n) is 18.8. The van der Waals surface area contributed by atoms with Crippen molar-refractivity contribution in [2.75, 3.05) is 119 Å². The zero-order valence-corrected chi connectivity index (χ0v) is 32.0. The second kappa shape index (κ2) is 30.3. The molecular weight excluding hydrogens is 756 g/mol. The topological polar surface area (TPSA) is 312 Å². The van der Waals surface area contributed by atoms with Gasteiger partial charge in [0.1, 0.15) is 48.8 Å². The van der Waals surface area contributed by atoms with E-state index >= 15 is 0 Å². The Balaban J connectivity index is 1.30. The zero-order chi connectivity index (χ0) is 41.1. The molecule has 330 valence electrons. The van der Waals surface area contributed by atoms with E-state index in [1.807, 2.05) is 6.92 Å². The predicted molar refractivity (Wildman–Crippen MR) is 189 cm³/mol. The van der Waals surface area contributed by atoms with Crippen molar-refractivity contribution in [3.05, 3.63) is 0 Å². The van der Waals surface area contributed by atoms with E-state index in [9.17, 15) is 50.4 Å². The Labute approximate surface area is 326 Å². The SMILES string of the molecule is CC(COCCC(=O)NCCOCCOCCO[C@H]1OC(CO)[C@@H](O)[C@H](O)C1O)COCCC(=O)NCCOCCOCCO[C@H]1OC(CO)[C@@H](O)C(O)[C@H]1O. The van der Waals surface area contributed by atoms with Gasteiger partial charge in [-0.05, 0) is 0 Å². The molecule has 0 aromatic rings. The molecule has 22 heteroatoms. The van der Waals surface area contributed by atoms with Gasteiger partial charge in [0.15, 0.2) is 12.6 Å². The van der Waals surface area contributed by atoms with Gasteiger partial charge in [0.05, 0.1) is 106 Å². The van der Waals surface area contributed by atoms with Crippen LogP contribution in [-0.4, -0.2) is 233 Å². The summed E-state index contributed by atoms with van der Waals surface area (Å²) in [7, 11) is 0. The second-order valence-electron chi connectivity index (χ2n) is 13.0. The summed E-state index contributed by atoms with van der Waals surface area (Å²) in [6, 6.07) is 0. The minimum atomic E-state index is -1.51. The third-order valence-electron chi connectivity index (χ3n) is 8.35. The van der Waals surface area contributed by atoms with Gasteiger partial charge >= 0.3 is 0 Å². The van der Waals surface area contributed by atoms with E-state index in [1.54, 1.807) is 0 Å². The maximum atomic E-state index is 12.0. The molecule has 2 saturated heterocycles. The second-order valence-corrected chi connectivity index (χ2v) is 13.0. The molecule has 5 unspecified atom stereocenters. The van der Waals surface area contributed by atoms with Gasteiger partial charge in [-0.1, -0.05) is 6.92 Å². The van der Waals surface area contributed by atoms with Gasteiger partial charge in [-0.2, -0.15) is 0 Å². The number of carbonyl (C=O) groups excluding carboxylic acids is 2. The Hall–Kier alpha value is -1.78. The van der Waals surface area contributed by atoms with Gasteiger partial charge in [0.2, 0.25) is 11.8 Å². The van der Waals surface area contributed by atoms with Crippen LogP contribution in [0, 0.1) is 5.92 Å². The van der Waals surface area contributed by atoms with Crippen LogP contribution in [0.3, 0.4) is 0 Å². The van der Waals surface area contributed by atoms with E-state index in [-0.39, 0.29) is 110 Å². The molecule has 2 heterocycles. The summed E-state index contributed by atoms with van der Waals surface area (Å²) in [6.45, 7) is 4.76. The van der Waals surface area contributed by atoms with Gasteiger partial charge in [0, 0.05) is 31.8 Å². The fourth-order valence-corrected chi connectivity index (χ4v) is 5.15. The van der Waals surface area contributed by atoms with Crippen molar-refractivity contribution in [3.8, 4) is 0 Å². The van der Waals surface area contributed by atoms with Gasteiger partial charge in [-0.15, -0.1) is 0 Å². The molecule has 0 aromatic heterocycles. The molecule has 0 radical (unpaired) electrons. The molecule has 2 amide bonds. The third kappa shape index (κ3) is 20.3. The number of aliphatic hydroxyl groups is 8. The van der Waals surface area contributed by atoms with Crippen molar-refractivity contribution < 1.29 is 97.8 Å². The monoisotopic (exact) mass is 820 g/mol. The lowest BCUT2D eigenvalue weighted by atomic mass is 9.99. The number of amides is 2. The Morgan fingerprint density at radius 1 is 0.500 bits per heavy atom. The standard InChI is InChI=1S/C34H64N2O20/c1-22(20-51-6-2-25(39)35-4-8-47-10-12-49-14-16-53-33-31(45)29(43)27(41)23(18-37)55-33)21-52-7-3-26(40)36-5-9-48-11-13-50-15-17-54-34-32(46)30(44)28(42)24(19-38)56-34/h22-24,27-34,37-38,41-46H,2-21H2,1H3,(H,35,39)(H,36,40)/t22?,23?,24?,27-,28-,29+,30?,31?,32-,33+,34+/m1/s1. The summed E-state index contributed by atoms with van der Waals surface area (Å²) in [5.41, 5.74) is 0. The molecule has 2 rings (SSSR count). The van der Waals surface area contributed by atoms with Gasteiger partial charge in [-0.3, -0.25) is 9.59 Å². The molecule has 2 fully saturated rings. The molecule has 11 atom stereocenters. The molecule has 10 N–H and O–H groups in total. The first-order chi connectivity index (χ1) is 27.0. The molecule has 0 bridgehead atoms. The van der Waals surface area contributed by atoms with Crippen LogP contribution in [0.15, 0.2) is 0 Å². The van der Waals surface area contributed by atoms with Crippen molar-refractivity contribution in [2.45, 2.75) is 81.2 Å². The van der Waals surface area contributed by atoms with Crippen LogP contribution in [-0.2, 0) is 57.0 Å². The normalized spacial score (nSPS) is 28.6. The van der Waals surface area contributed by atoms with Crippen molar-refractivity contribution in [1.82, 2.24) is 10.6 Å². The van der Waals surface area contributed by atoms with Crippen LogP contribution in [0.25, 0.3) is 0 Å². The van der Waals surface area contributed by atoms with Crippen LogP contribution >= 0.6 is 0 Å². The molecule has 2 aliphatic rings. The number of nitrogens with one attached hydrogen (secondary N) is 2. The highest BCUT2D eigenvalue weighted by Crippen LogP contribution is 2.23. The summed E-state index contributed by atoms with van der Waals surface area (Å²) >= 11 is 0. The largest absolute Gasteiger partial charge is 0.394 e. The first-order valence-corrected chi connectivity index (χ1v) is 18.8. The highest BCUT2D eigenvalue weighted by molar-refractivity contribution is 5.76. The quantitative estimate of drug-likeness (QED) is 0.0283. The van der Waals surface area contributed by atoms with Gasteiger partial charge in [-0.25, -0.2) is 0 Å². The van der Waals surface area contributed by atoms with Gasteiger partial charge in [0.25, 0.3) is 0 Å². The molecule has 2 aliphatic heterocycles. The fourth-order valence-electron chi connectivity index (χ4n) is 5.15. The van der Waals surface area contributed by atoms with Crippen LogP contribution in [0.1, 0.15) is 19.8 Å². The molecule has 0 saturated carbocycles. The summed E-state index contributed by atoms with van der Waals surface area (Å²) < 4.78 is 53.8. The lowest BCUT2D eigenvalue weighted by Gasteiger charge is -2.39. The number of ether oxygens (including phenoxy) is 10. The van der Waals surface area contributed by atoms with E-state index < -0.39 is 74.6 Å². The van der Waals surface area contributed by atoms with Crippen molar-refractivity contribution in [2.24, 2.45) is 5.92 Å². The molecule has 0 aliphatic carbocycles. The minimum Gasteiger partial charge on any atom is -0.394 e. The highest BCUT2D eigenvalue weighted by Gasteiger charge is 2.45. The molecular formula is C34H64N2O20. The summed E-state index contributed by atoms with van der Waals surface area (Å²) in [6.07, 6.45) is -13.0. The van der Waals surface area contributed by atoms with Crippen LogP contribution in [0.2, 0.25) is 0 Å². The van der Waals surface area contributed by atoms with E-state index in [1.165, 1.54) is 0 Å². The molecule has 22 nitrogen and oxygen atoms in total. The molecule has 0 spiro atoms. The van der Waals surface area contributed by atoms with Crippen LogP contribution in [0.5, 0.6) is 0 Å². The molecule has 0 aromatic carbocycles. The Bertz CT molecular complexity index is 941.